The zero-order valence-corrected chi connectivity index (χ0v) is 18.4. The first-order valence-electron chi connectivity index (χ1n) is 10.0. The van der Waals surface area contributed by atoms with Gasteiger partial charge in [0.1, 0.15) is 11.0 Å². The highest BCUT2D eigenvalue weighted by molar-refractivity contribution is 8.00. The van der Waals surface area contributed by atoms with Crippen molar-refractivity contribution >= 4 is 29.1 Å². The molecule has 0 unspecified atom stereocenters. The number of amides is 1. The fourth-order valence-corrected chi connectivity index (χ4v) is 4.19. The molecule has 31 heavy (non-hydrogen) atoms. The maximum absolute atomic E-state index is 13.3. The number of carbonyl (C=O) groups is 1. The van der Waals surface area contributed by atoms with Gasteiger partial charge in [0.15, 0.2) is 0 Å². The van der Waals surface area contributed by atoms with E-state index in [1.165, 1.54) is 11.8 Å². The number of thioether (sulfide) groups is 1. The summed E-state index contributed by atoms with van der Waals surface area (Å²) in [5.74, 6) is 0.980. The summed E-state index contributed by atoms with van der Waals surface area (Å²) in [5, 5.41) is 7.50. The molecule has 4 aromatic rings. The molecule has 0 bridgehead atoms. The van der Waals surface area contributed by atoms with Crippen molar-refractivity contribution in [2.75, 3.05) is 11.9 Å². The van der Waals surface area contributed by atoms with Gasteiger partial charge in [-0.05, 0) is 44.5 Å². The van der Waals surface area contributed by atoms with Gasteiger partial charge in [-0.25, -0.2) is 9.50 Å². The molecular weight excluding hydrogens is 410 g/mol. The number of hydrogen-bond donors (Lipinski definition) is 1. The van der Waals surface area contributed by atoms with Crippen LogP contribution >= 0.6 is 11.8 Å². The van der Waals surface area contributed by atoms with Crippen molar-refractivity contribution < 1.29 is 9.53 Å². The van der Waals surface area contributed by atoms with E-state index in [2.05, 4.69) is 20.4 Å². The smallest absolute Gasteiger partial charge is 0.253 e. The molecular formula is C23H23N5O2S. The molecule has 1 atom stereocenters. The van der Waals surface area contributed by atoms with Crippen LogP contribution in [0.5, 0.6) is 5.75 Å². The first kappa shape index (κ1) is 20.9. The maximum atomic E-state index is 13.3. The molecule has 0 aliphatic carbocycles. The van der Waals surface area contributed by atoms with Gasteiger partial charge in [-0.3, -0.25) is 4.79 Å². The van der Waals surface area contributed by atoms with E-state index in [9.17, 15) is 4.79 Å². The van der Waals surface area contributed by atoms with Crippen LogP contribution in [-0.2, 0) is 4.79 Å². The van der Waals surface area contributed by atoms with Gasteiger partial charge in [-0.1, -0.05) is 54.2 Å². The van der Waals surface area contributed by atoms with E-state index in [1.54, 1.807) is 4.52 Å². The Kier molecular flexibility index (Phi) is 6.18. The molecule has 0 radical (unpaired) electrons. The summed E-state index contributed by atoms with van der Waals surface area (Å²) in [6, 6.07) is 19.0. The quantitative estimate of drug-likeness (QED) is 0.429. The zero-order chi connectivity index (χ0) is 21.8. The molecule has 2 aromatic heterocycles. The van der Waals surface area contributed by atoms with Gasteiger partial charge < -0.3 is 10.1 Å². The summed E-state index contributed by atoms with van der Waals surface area (Å²) < 4.78 is 7.34. The van der Waals surface area contributed by atoms with E-state index in [0.29, 0.717) is 29.0 Å². The molecule has 0 spiro atoms. The third kappa shape index (κ3) is 4.69. The van der Waals surface area contributed by atoms with Crippen molar-refractivity contribution in [3.63, 3.8) is 0 Å². The second kappa shape index (κ2) is 9.18. The average Bonchev–Trinajstić information content (AvgIpc) is 3.17. The van der Waals surface area contributed by atoms with Gasteiger partial charge in [-0.2, -0.15) is 4.98 Å². The van der Waals surface area contributed by atoms with Gasteiger partial charge in [0.05, 0.1) is 12.3 Å². The predicted molar refractivity (Wildman–Crippen MR) is 122 cm³/mol. The van der Waals surface area contributed by atoms with Crippen molar-refractivity contribution in [3.8, 4) is 5.75 Å². The SMILES string of the molecule is CCOc1ccccc1NC(=O)[C@H](Sc1nc2nc(C)cc(C)n2n1)c1ccccc1. The van der Waals surface area contributed by atoms with Gasteiger partial charge in [-0.15, -0.1) is 5.10 Å². The summed E-state index contributed by atoms with van der Waals surface area (Å²) in [7, 11) is 0. The average molecular weight is 434 g/mol. The molecule has 0 aliphatic heterocycles. The van der Waals surface area contributed by atoms with Crippen LogP contribution in [-0.4, -0.2) is 32.1 Å². The fraction of sp³-hybridized carbons (Fsp3) is 0.217. The van der Waals surface area contributed by atoms with E-state index in [1.807, 2.05) is 81.4 Å². The molecule has 2 heterocycles. The predicted octanol–water partition coefficient (Wildman–Crippen LogP) is 4.61. The highest BCUT2D eigenvalue weighted by Gasteiger charge is 2.25. The Hall–Kier alpha value is -3.39. The third-order valence-corrected chi connectivity index (χ3v) is 5.71. The second-order valence-corrected chi connectivity index (χ2v) is 8.04. The van der Waals surface area contributed by atoms with Crippen molar-refractivity contribution in [2.45, 2.75) is 31.2 Å². The number of nitrogens with one attached hydrogen (secondary N) is 1. The largest absolute Gasteiger partial charge is 0.492 e. The van der Waals surface area contributed by atoms with Crippen molar-refractivity contribution in [1.82, 2.24) is 19.6 Å². The lowest BCUT2D eigenvalue weighted by Crippen LogP contribution is -2.19. The van der Waals surface area contributed by atoms with Crippen LogP contribution in [0.15, 0.2) is 65.8 Å². The van der Waals surface area contributed by atoms with Crippen LogP contribution in [0, 0.1) is 13.8 Å². The van der Waals surface area contributed by atoms with Gasteiger partial charge in [0.25, 0.3) is 5.78 Å². The summed E-state index contributed by atoms with van der Waals surface area (Å²) in [5.41, 5.74) is 3.30. The minimum atomic E-state index is -0.547. The Morgan fingerprint density at radius 3 is 2.61 bits per heavy atom. The molecule has 1 N–H and O–H groups in total. The summed E-state index contributed by atoms with van der Waals surface area (Å²) in [6.07, 6.45) is 0. The lowest BCUT2D eigenvalue weighted by Gasteiger charge is -2.17. The molecule has 0 saturated heterocycles. The lowest BCUT2D eigenvalue weighted by atomic mass is 10.1. The van der Waals surface area contributed by atoms with Crippen molar-refractivity contribution in [3.05, 3.63) is 77.6 Å². The fourth-order valence-electron chi connectivity index (χ4n) is 3.25. The van der Waals surface area contributed by atoms with Gasteiger partial charge in [0, 0.05) is 11.4 Å². The number of hydrogen-bond acceptors (Lipinski definition) is 6. The molecule has 2 aromatic carbocycles. The van der Waals surface area contributed by atoms with E-state index in [0.717, 1.165) is 17.0 Å². The van der Waals surface area contributed by atoms with Crippen molar-refractivity contribution in [1.29, 1.82) is 0 Å². The number of ether oxygens (including phenoxy) is 1. The van der Waals surface area contributed by atoms with Gasteiger partial charge in [0.2, 0.25) is 11.1 Å². The van der Waals surface area contributed by atoms with Crippen LogP contribution < -0.4 is 10.1 Å². The number of aryl methyl sites for hydroxylation is 2. The molecule has 158 valence electrons. The molecule has 0 aliphatic rings. The first-order chi connectivity index (χ1) is 15.0. The third-order valence-electron chi connectivity index (χ3n) is 4.61. The number of carbonyl (C=O) groups excluding carboxylic acids is 1. The molecule has 0 saturated carbocycles. The highest BCUT2D eigenvalue weighted by atomic mass is 32.2. The monoisotopic (exact) mass is 433 g/mol. The number of anilines is 1. The molecule has 1 amide bonds. The van der Waals surface area contributed by atoms with E-state index < -0.39 is 5.25 Å². The zero-order valence-electron chi connectivity index (χ0n) is 17.6. The summed E-state index contributed by atoms with van der Waals surface area (Å²) >= 11 is 1.29. The number of aromatic nitrogens is 4. The second-order valence-electron chi connectivity index (χ2n) is 6.97. The lowest BCUT2D eigenvalue weighted by molar-refractivity contribution is -0.115. The Balaban J connectivity index is 1.66. The molecule has 0 fully saturated rings. The Bertz CT molecular complexity index is 1210. The Morgan fingerprint density at radius 1 is 1.10 bits per heavy atom. The summed E-state index contributed by atoms with van der Waals surface area (Å²) in [6.45, 7) is 6.30. The van der Waals surface area contributed by atoms with Crippen LogP contribution in [0.2, 0.25) is 0 Å². The topological polar surface area (TPSA) is 81.4 Å². The molecule has 7 nitrogen and oxygen atoms in total. The van der Waals surface area contributed by atoms with Crippen LogP contribution in [0.3, 0.4) is 0 Å². The Labute approximate surface area is 184 Å². The molecule has 4 rings (SSSR count). The van der Waals surface area contributed by atoms with E-state index >= 15 is 0 Å². The highest BCUT2D eigenvalue weighted by Crippen LogP contribution is 2.36. The minimum Gasteiger partial charge on any atom is -0.492 e. The van der Waals surface area contributed by atoms with Crippen LogP contribution in [0.4, 0.5) is 5.69 Å². The van der Waals surface area contributed by atoms with E-state index in [-0.39, 0.29) is 5.91 Å². The Morgan fingerprint density at radius 2 is 1.84 bits per heavy atom. The number of benzene rings is 2. The normalized spacial score (nSPS) is 12.0. The number of rotatable bonds is 7. The number of nitrogens with zero attached hydrogens (tertiary/aromatic N) is 4. The maximum Gasteiger partial charge on any atom is 0.253 e. The number of para-hydroxylation sites is 2. The minimum absolute atomic E-state index is 0.178. The van der Waals surface area contributed by atoms with Gasteiger partial charge >= 0.3 is 0 Å². The number of fused-ring (bicyclic) bond motifs is 1. The standard InChI is InChI=1S/C23H23N5O2S/c1-4-30-19-13-9-8-12-18(19)25-21(29)20(17-10-6-5-7-11-17)31-23-26-22-24-15(2)14-16(3)28(22)27-23/h5-14,20H,4H2,1-3H3,(H,25,29)/t20-/m1/s1. The molecule has 8 heteroatoms. The first-order valence-corrected chi connectivity index (χ1v) is 10.9. The van der Waals surface area contributed by atoms with Crippen LogP contribution in [0.25, 0.3) is 5.78 Å². The summed E-state index contributed by atoms with van der Waals surface area (Å²) in [4.78, 5) is 22.3. The van der Waals surface area contributed by atoms with Crippen LogP contribution in [0.1, 0.15) is 29.1 Å². The van der Waals surface area contributed by atoms with Crippen molar-refractivity contribution in [2.24, 2.45) is 0 Å². The van der Waals surface area contributed by atoms with E-state index in [4.69, 9.17) is 4.74 Å².